The zero-order valence-corrected chi connectivity index (χ0v) is 11.0. The topological polar surface area (TPSA) is 84.5 Å². The molecule has 1 aromatic carbocycles. The molecule has 0 heterocycles. The Kier molecular flexibility index (Phi) is 5.05. The van der Waals surface area contributed by atoms with Crippen molar-refractivity contribution in [3.63, 3.8) is 0 Å². The zero-order chi connectivity index (χ0) is 14.4. The van der Waals surface area contributed by atoms with Crippen LogP contribution < -0.4 is 10.6 Å². The van der Waals surface area contributed by atoms with Crippen LogP contribution in [0.3, 0.4) is 0 Å². The van der Waals surface area contributed by atoms with Crippen molar-refractivity contribution in [3.8, 4) is 0 Å². The molecule has 0 unspecified atom stereocenters. The molecule has 0 aliphatic heterocycles. The number of hydrogen-bond donors (Lipinski definition) is 2. The summed E-state index contributed by atoms with van der Waals surface area (Å²) in [6, 6.07) is 6.24. The molecular weight excluding hydrogens is 248 g/mol. The summed E-state index contributed by atoms with van der Waals surface area (Å²) in [6.07, 6.45) is -1.05. The van der Waals surface area contributed by atoms with E-state index in [4.69, 9.17) is 4.74 Å². The molecule has 6 nitrogen and oxygen atoms in total. The Labute approximate surface area is 111 Å². The van der Waals surface area contributed by atoms with Crippen LogP contribution in [0.25, 0.3) is 0 Å². The van der Waals surface area contributed by atoms with E-state index in [2.05, 4.69) is 5.32 Å². The number of hydrogen-bond acceptors (Lipinski definition) is 4. The number of benzene rings is 1. The summed E-state index contributed by atoms with van der Waals surface area (Å²) in [4.78, 5) is 34.3. The Morgan fingerprint density at radius 2 is 1.84 bits per heavy atom. The van der Waals surface area contributed by atoms with Gasteiger partial charge in [-0.2, -0.15) is 0 Å². The minimum Gasteiger partial charge on any atom is -0.449 e. The number of amides is 3. The molecule has 0 aromatic heterocycles. The molecular formula is C13H16N2O4. The van der Waals surface area contributed by atoms with Gasteiger partial charge in [-0.1, -0.05) is 18.2 Å². The fourth-order valence-electron chi connectivity index (χ4n) is 1.36. The van der Waals surface area contributed by atoms with Crippen LogP contribution in [0.5, 0.6) is 0 Å². The molecule has 6 heteroatoms. The minimum atomic E-state index is -1.05. The average molecular weight is 264 g/mol. The molecule has 0 fully saturated rings. The molecule has 0 saturated heterocycles. The van der Waals surface area contributed by atoms with Crippen molar-refractivity contribution >= 4 is 17.9 Å². The lowest BCUT2D eigenvalue weighted by Gasteiger charge is -2.13. The maximum atomic E-state index is 11.8. The van der Waals surface area contributed by atoms with Crippen LogP contribution in [-0.2, 0) is 9.53 Å². The summed E-state index contributed by atoms with van der Waals surface area (Å²) in [5.41, 5.74) is 1.15. The van der Waals surface area contributed by atoms with Crippen LogP contribution in [0.15, 0.2) is 24.3 Å². The first-order chi connectivity index (χ1) is 8.95. The number of imide groups is 1. The lowest BCUT2D eigenvalue weighted by atomic mass is 10.1. The quantitative estimate of drug-likeness (QED) is 0.797. The highest BCUT2D eigenvalue weighted by Gasteiger charge is 2.21. The van der Waals surface area contributed by atoms with Crippen molar-refractivity contribution in [1.29, 1.82) is 0 Å². The first-order valence-electron chi connectivity index (χ1n) is 5.75. The van der Waals surface area contributed by atoms with E-state index in [0.29, 0.717) is 5.56 Å². The maximum Gasteiger partial charge on any atom is 0.339 e. The van der Waals surface area contributed by atoms with E-state index in [9.17, 15) is 14.4 Å². The predicted octanol–water partition coefficient (Wildman–Crippen LogP) is 0.996. The fourth-order valence-corrected chi connectivity index (χ4v) is 1.36. The summed E-state index contributed by atoms with van der Waals surface area (Å²) in [5.74, 6) is -1.28. The molecule has 102 valence electrons. The molecule has 0 aliphatic carbocycles. The van der Waals surface area contributed by atoms with Gasteiger partial charge in [-0.3, -0.25) is 10.1 Å². The molecule has 0 radical (unpaired) electrons. The van der Waals surface area contributed by atoms with Crippen molar-refractivity contribution in [2.75, 3.05) is 7.05 Å². The van der Waals surface area contributed by atoms with Crippen LogP contribution in [0, 0.1) is 6.92 Å². The zero-order valence-electron chi connectivity index (χ0n) is 11.0. The molecule has 1 aromatic rings. The van der Waals surface area contributed by atoms with Gasteiger partial charge in [-0.15, -0.1) is 0 Å². The second-order valence-corrected chi connectivity index (χ2v) is 3.93. The smallest absolute Gasteiger partial charge is 0.339 e. The first-order valence-corrected chi connectivity index (χ1v) is 5.75. The lowest BCUT2D eigenvalue weighted by Crippen LogP contribution is -2.43. The van der Waals surface area contributed by atoms with Crippen molar-refractivity contribution < 1.29 is 19.1 Å². The second-order valence-electron chi connectivity index (χ2n) is 3.93. The monoisotopic (exact) mass is 264 g/mol. The number of urea groups is 1. The van der Waals surface area contributed by atoms with E-state index < -0.39 is 24.0 Å². The van der Waals surface area contributed by atoms with E-state index in [1.54, 1.807) is 31.2 Å². The summed E-state index contributed by atoms with van der Waals surface area (Å²) < 4.78 is 4.99. The Morgan fingerprint density at radius 3 is 2.42 bits per heavy atom. The van der Waals surface area contributed by atoms with E-state index in [1.807, 2.05) is 5.32 Å². The maximum absolute atomic E-state index is 11.8. The standard InChI is InChI=1S/C13H16N2O4/c1-8-6-4-5-7-10(8)12(17)19-9(2)11(16)15-13(18)14-3/h4-7,9H,1-3H3,(H2,14,15,16,18)/t9-/m1/s1. The summed E-state index contributed by atoms with van der Waals surface area (Å²) in [5, 5.41) is 4.27. The van der Waals surface area contributed by atoms with Crippen LogP contribution in [0.2, 0.25) is 0 Å². The first kappa shape index (κ1) is 14.7. The normalized spacial score (nSPS) is 11.3. The number of rotatable bonds is 3. The van der Waals surface area contributed by atoms with Crippen molar-refractivity contribution in [1.82, 2.24) is 10.6 Å². The van der Waals surface area contributed by atoms with Gasteiger partial charge in [0.15, 0.2) is 6.10 Å². The van der Waals surface area contributed by atoms with Gasteiger partial charge in [0.25, 0.3) is 5.91 Å². The van der Waals surface area contributed by atoms with Crippen LogP contribution >= 0.6 is 0 Å². The largest absolute Gasteiger partial charge is 0.449 e. The van der Waals surface area contributed by atoms with Crippen LogP contribution in [0.1, 0.15) is 22.8 Å². The molecule has 3 amide bonds. The van der Waals surface area contributed by atoms with E-state index >= 15 is 0 Å². The predicted molar refractivity (Wildman–Crippen MR) is 68.7 cm³/mol. The van der Waals surface area contributed by atoms with Gasteiger partial charge in [-0.05, 0) is 25.5 Å². The van der Waals surface area contributed by atoms with Crippen LogP contribution in [0.4, 0.5) is 4.79 Å². The molecule has 0 bridgehead atoms. The molecule has 0 spiro atoms. The van der Waals surface area contributed by atoms with E-state index in [0.717, 1.165) is 5.56 Å². The van der Waals surface area contributed by atoms with Crippen molar-refractivity contribution in [2.45, 2.75) is 20.0 Å². The number of nitrogens with one attached hydrogen (secondary N) is 2. The number of aryl methyl sites for hydroxylation is 1. The van der Waals surface area contributed by atoms with Gasteiger partial charge in [0, 0.05) is 7.05 Å². The molecule has 2 N–H and O–H groups in total. The summed E-state index contributed by atoms with van der Waals surface area (Å²) >= 11 is 0. The van der Waals surface area contributed by atoms with Gasteiger partial charge in [-0.25, -0.2) is 9.59 Å². The molecule has 1 atom stereocenters. The SMILES string of the molecule is CNC(=O)NC(=O)[C@@H](C)OC(=O)c1ccccc1C. The summed E-state index contributed by atoms with van der Waals surface area (Å²) in [6.45, 7) is 3.17. The number of esters is 1. The minimum absolute atomic E-state index is 0.391. The number of carbonyl (C=O) groups is 3. The molecule has 1 rings (SSSR count). The third kappa shape index (κ3) is 4.09. The lowest BCUT2D eigenvalue weighted by molar-refractivity contribution is -0.127. The number of carbonyl (C=O) groups excluding carboxylic acids is 3. The Balaban J connectivity index is 2.64. The third-order valence-corrected chi connectivity index (χ3v) is 2.48. The molecule has 0 aliphatic rings. The van der Waals surface area contributed by atoms with Gasteiger partial charge in [0.2, 0.25) is 0 Å². The van der Waals surface area contributed by atoms with Gasteiger partial charge in [0.05, 0.1) is 5.56 Å². The van der Waals surface area contributed by atoms with Crippen LogP contribution in [-0.4, -0.2) is 31.1 Å². The van der Waals surface area contributed by atoms with E-state index in [-0.39, 0.29) is 0 Å². The Hall–Kier alpha value is -2.37. The van der Waals surface area contributed by atoms with Gasteiger partial charge < -0.3 is 10.1 Å². The van der Waals surface area contributed by atoms with Gasteiger partial charge in [0.1, 0.15) is 0 Å². The third-order valence-electron chi connectivity index (χ3n) is 2.48. The summed E-state index contributed by atoms with van der Waals surface area (Å²) in [7, 11) is 1.38. The number of ether oxygens (including phenoxy) is 1. The van der Waals surface area contributed by atoms with E-state index in [1.165, 1.54) is 14.0 Å². The van der Waals surface area contributed by atoms with Crippen molar-refractivity contribution in [2.24, 2.45) is 0 Å². The Morgan fingerprint density at radius 1 is 1.21 bits per heavy atom. The highest BCUT2D eigenvalue weighted by Crippen LogP contribution is 2.09. The molecule has 0 saturated carbocycles. The molecule has 19 heavy (non-hydrogen) atoms. The highest BCUT2D eigenvalue weighted by molar-refractivity contribution is 5.98. The Bertz CT molecular complexity index is 499. The van der Waals surface area contributed by atoms with Crippen molar-refractivity contribution in [3.05, 3.63) is 35.4 Å². The average Bonchev–Trinajstić information content (AvgIpc) is 2.38. The van der Waals surface area contributed by atoms with Gasteiger partial charge >= 0.3 is 12.0 Å². The highest BCUT2D eigenvalue weighted by atomic mass is 16.5. The fraction of sp³-hybridized carbons (Fsp3) is 0.308. The second kappa shape index (κ2) is 6.53.